The van der Waals surface area contributed by atoms with Crippen molar-refractivity contribution >= 4 is 0 Å². The first-order valence-electron chi connectivity index (χ1n) is 19.5. The summed E-state index contributed by atoms with van der Waals surface area (Å²) in [6, 6.07) is 19.6. The summed E-state index contributed by atoms with van der Waals surface area (Å²) in [4.78, 5) is 0. The molecule has 11 atom stereocenters. The normalized spacial score (nSPS) is 36.9. The summed E-state index contributed by atoms with van der Waals surface area (Å²) in [7, 11) is 0. The average molecular weight is 673 g/mol. The van der Waals surface area contributed by atoms with Gasteiger partial charge in [-0.2, -0.15) is 17.8 Å². The molecule has 7 aliphatic rings. The second-order valence-electron chi connectivity index (χ2n) is 13.0. The molecule has 11 unspecified atom stereocenters. The first-order valence-corrected chi connectivity index (χ1v) is 19.5. The Hall–Kier alpha value is -0.456. The van der Waals surface area contributed by atoms with Gasteiger partial charge in [0.15, 0.2) is 0 Å². The van der Waals surface area contributed by atoms with Crippen LogP contribution in [-0.2, 0) is 32.7 Å². The van der Waals surface area contributed by atoms with Gasteiger partial charge < -0.3 is 5.92 Å². The minimum Gasteiger partial charge on any atom is -0.303 e. The van der Waals surface area contributed by atoms with Gasteiger partial charge in [-0.1, -0.05) is 186 Å². The van der Waals surface area contributed by atoms with E-state index in [2.05, 4.69) is 54.4 Å². The number of fused-ring (bicyclic) bond motifs is 11. The molecule has 0 bridgehead atoms. The van der Waals surface area contributed by atoms with E-state index in [0.29, 0.717) is 0 Å². The molecule has 0 aromatic heterocycles. The Labute approximate surface area is 299 Å². The van der Waals surface area contributed by atoms with Crippen LogP contribution in [-0.4, -0.2) is 0 Å². The fourth-order valence-electron chi connectivity index (χ4n) is 12.0. The summed E-state index contributed by atoms with van der Waals surface area (Å²) in [6.07, 6.45) is 13.4. The zero-order valence-electron chi connectivity index (χ0n) is 30.4. The van der Waals surface area contributed by atoms with Crippen molar-refractivity contribution in [1.29, 1.82) is 0 Å². The third-order valence-corrected chi connectivity index (χ3v) is 12.4. The van der Waals surface area contributed by atoms with E-state index in [0.717, 1.165) is 65.1 Å². The third-order valence-electron chi connectivity index (χ3n) is 12.4. The van der Waals surface area contributed by atoms with Crippen LogP contribution in [0, 0.1) is 47.3 Å². The Bertz CT molecular complexity index is 1120. The maximum Gasteiger partial charge on any atom is 0 e. The molecule has 0 N–H and O–H groups in total. The van der Waals surface area contributed by atoms with Crippen LogP contribution >= 0.6 is 0 Å². The van der Waals surface area contributed by atoms with E-state index in [1.807, 2.05) is 69.2 Å². The Morgan fingerprint density at radius 1 is 0.455 bits per heavy atom. The van der Waals surface area contributed by atoms with Crippen molar-refractivity contribution in [2.75, 3.05) is 0 Å². The van der Waals surface area contributed by atoms with Crippen LogP contribution in [0.2, 0.25) is 0 Å². The molecule has 2 aromatic rings. The molecular weight excluding hydrogens is 605 g/mol. The van der Waals surface area contributed by atoms with Gasteiger partial charge in [0.1, 0.15) is 0 Å². The molecule has 5 saturated carbocycles. The quantitative estimate of drug-likeness (QED) is 0.244. The van der Waals surface area contributed by atoms with Crippen LogP contribution < -0.4 is 0 Å². The molecular formula is C43H67Y-. The third kappa shape index (κ3) is 5.90. The molecule has 0 heterocycles. The van der Waals surface area contributed by atoms with Crippen molar-refractivity contribution in [1.82, 2.24) is 0 Å². The standard InChI is InChI=1S/C33H37.5C2H6.Y/c1-4-11-21-18(8-1)22-14-7-15-26-29(22)30(21)27-17-16-25-19-9-2-3-10-20(19)28-23-12-5-6-13-24(23)31(26)33(27)32(25)28;5*1-2;/h1-4,8-11,22-30,32-33H,5-7,12-17H2;5*1-2H3;/q-1;;;;;;. The average Bonchev–Trinajstić information content (AvgIpc) is 3.64. The van der Waals surface area contributed by atoms with Gasteiger partial charge in [0.25, 0.3) is 0 Å². The van der Waals surface area contributed by atoms with Crippen LogP contribution in [0.3, 0.4) is 0 Å². The second kappa shape index (κ2) is 17.6. The van der Waals surface area contributed by atoms with E-state index in [4.69, 9.17) is 0 Å². The van der Waals surface area contributed by atoms with Gasteiger partial charge in [-0.15, -0.1) is 0 Å². The van der Waals surface area contributed by atoms with Crippen molar-refractivity contribution in [2.45, 2.75) is 151 Å². The molecule has 44 heavy (non-hydrogen) atoms. The first kappa shape index (κ1) is 38.0. The topological polar surface area (TPSA) is 0 Å². The predicted octanol–water partition coefficient (Wildman–Crippen LogP) is 13.3. The Kier molecular flexibility index (Phi) is 15.2. The Morgan fingerprint density at radius 3 is 1.52 bits per heavy atom. The van der Waals surface area contributed by atoms with Crippen LogP contribution in [0.5, 0.6) is 0 Å². The summed E-state index contributed by atoms with van der Waals surface area (Å²) in [5.41, 5.74) is 7.18. The van der Waals surface area contributed by atoms with Gasteiger partial charge in [0.2, 0.25) is 0 Å². The van der Waals surface area contributed by atoms with E-state index >= 15 is 0 Å². The molecule has 0 aliphatic heterocycles. The van der Waals surface area contributed by atoms with Crippen LogP contribution in [0.1, 0.15) is 173 Å². The molecule has 0 nitrogen and oxygen atoms in total. The van der Waals surface area contributed by atoms with Crippen molar-refractivity contribution in [3.8, 4) is 0 Å². The number of rotatable bonds is 0. The number of hydrogen-bond acceptors (Lipinski definition) is 0. The molecule has 1 heteroatoms. The molecule has 2 aromatic carbocycles. The minimum absolute atomic E-state index is 0. The van der Waals surface area contributed by atoms with Crippen LogP contribution in [0.15, 0.2) is 48.5 Å². The fourth-order valence-corrected chi connectivity index (χ4v) is 12.0. The number of hydrogen-bond donors (Lipinski definition) is 0. The van der Waals surface area contributed by atoms with Gasteiger partial charge in [0, 0.05) is 32.7 Å². The zero-order valence-corrected chi connectivity index (χ0v) is 33.2. The SMILES string of the molecule is CC.CC.CC.CC.CC.[Y].c1ccc2c(c1)C1CCCC3[C-]4C5CCCCC5C5c6ccccc6C6CCC(C2C13)C4C65. The van der Waals surface area contributed by atoms with E-state index in [1.165, 1.54) is 57.8 Å². The second-order valence-corrected chi connectivity index (χ2v) is 13.0. The van der Waals surface area contributed by atoms with Crippen molar-refractivity contribution < 1.29 is 32.7 Å². The van der Waals surface area contributed by atoms with Crippen LogP contribution in [0.25, 0.3) is 0 Å². The monoisotopic (exact) mass is 672 g/mol. The van der Waals surface area contributed by atoms with Gasteiger partial charge in [-0.05, 0) is 58.8 Å². The summed E-state index contributed by atoms with van der Waals surface area (Å²) >= 11 is 0. The summed E-state index contributed by atoms with van der Waals surface area (Å²) in [6.45, 7) is 20.0. The van der Waals surface area contributed by atoms with E-state index in [9.17, 15) is 0 Å². The van der Waals surface area contributed by atoms with Gasteiger partial charge >= 0.3 is 0 Å². The van der Waals surface area contributed by atoms with Crippen molar-refractivity contribution in [3.05, 3.63) is 76.7 Å². The Balaban J connectivity index is 0.000000442. The van der Waals surface area contributed by atoms with Gasteiger partial charge in [-0.3, -0.25) is 0 Å². The maximum atomic E-state index is 2.57. The minimum atomic E-state index is 0. The Morgan fingerprint density at radius 2 is 0.932 bits per heavy atom. The maximum absolute atomic E-state index is 2.57. The largest absolute Gasteiger partial charge is 0.303 e. The fraction of sp³-hybridized carbons (Fsp3) is 0.698. The number of benzene rings is 2. The summed E-state index contributed by atoms with van der Waals surface area (Å²) in [5, 5.41) is 0. The molecule has 5 fully saturated rings. The first-order chi connectivity index (χ1) is 21.4. The molecule has 0 amide bonds. The van der Waals surface area contributed by atoms with Gasteiger partial charge in [-0.25, -0.2) is 0 Å². The molecule has 243 valence electrons. The van der Waals surface area contributed by atoms with Gasteiger partial charge in [0.05, 0.1) is 0 Å². The summed E-state index contributed by atoms with van der Waals surface area (Å²) < 4.78 is 0. The molecule has 1 radical (unpaired) electrons. The summed E-state index contributed by atoms with van der Waals surface area (Å²) in [5.74, 6) is 12.3. The van der Waals surface area contributed by atoms with Crippen molar-refractivity contribution in [3.63, 3.8) is 0 Å². The van der Waals surface area contributed by atoms with Crippen LogP contribution in [0.4, 0.5) is 0 Å². The molecule has 9 rings (SSSR count). The zero-order chi connectivity index (χ0) is 31.3. The predicted molar refractivity (Wildman–Crippen MR) is 190 cm³/mol. The van der Waals surface area contributed by atoms with E-state index < -0.39 is 0 Å². The molecule has 0 saturated heterocycles. The molecule has 7 aliphatic carbocycles. The molecule has 0 spiro atoms. The van der Waals surface area contributed by atoms with E-state index in [-0.39, 0.29) is 32.7 Å². The van der Waals surface area contributed by atoms with Crippen molar-refractivity contribution in [2.24, 2.45) is 41.4 Å². The van der Waals surface area contributed by atoms with E-state index in [1.54, 1.807) is 22.3 Å². The smallest absolute Gasteiger partial charge is 0 e.